The molecule has 2 aromatic rings. The van der Waals surface area contributed by atoms with Crippen molar-refractivity contribution in [2.24, 2.45) is 5.92 Å². The number of hydrogen-bond donors (Lipinski definition) is 3. The lowest BCUT2D eigenvalue weighted by atomic mass is 9.94. The van der Waals surface area contributed by atoms with Crippen LogP contribution in [0.5, 0.6) is 0 Å². The molecule has 0 spiro atoms. The molecule has 3 N–H and O–H groups in total. The van der Waals surface area contributed by atoms with Crippen LogP contribution in [0.25, 0.3) is 0 Å². The molecule has 0 aromatic heterocycles. The molecule has 2 aromatic carbocycles. The van der Waals surface area contributed by atoms with Gasteiger partial charge in [0.25, 0.3) is 0 Å². The van der Waals surface area contributed by atoms with Gasteiger partial charge in [-0.3, -0.25) is 9.59 Å². The number of likely N-dealkylation sites (tertiary alicyclic amines) is 1. The molecule has 182 valence electrons. The number of urea groups is 1. The average Bonchev–Trinajstić information content (AvgIpc) is 2.82. The second kappa shape index (κ2) is 12.2. The summed E-state index contributed by atoms with van der Waals surface area (Å²) in [5.41, 5.74) is 3.16. The van der Waals surface area contributed by atoms with Crippen LogP contribution in [0.2, 0.25) is 0 Å². The number of nitrogens with one attached hydrogen (secondary N) is 2. The summed E-state index contributed by atoms with van der Waals surface area (Å²) in [7, 11) is 0. The lowest BCUT2D eigenvalue weighted by molar-refractivity contribution is -0.138. The number of carbonyl (C=O) groups excluding carboxylic acids is 2. The molecule has 0 unspecified atom stereocenters. The van der Waals surface area contributed by atoms with E-state index in [1.165, 1.54) is 0 Å². The van der Waals surface area contributed by atoms with Gasteiger partial charge in [-0.2, -0.15) is 0 Å². The van der Waals surface area contributed by atoms with Crippen LogP contribution in [0.4, 0.5) is 21.9 Å². The predicted molar refractivity (Wildman–Crippen MR) is 134 cm³/mol. The van der Waals surface area contributed by atoms with E-state index in [1.54, 1.807) is 17.0 Å². The third-order valence-electron chi connectivity index (χ3n) is 6.24. The van der Waals surface area contributed by atoms with Gasteiger partial charge in [0, 0.05) is 43.0 Å². The van der Waals surface area contributed by atoms with E-state index < -0.39 is 5.97 Å². The number of hydrogen-bond acceptors (Lipinski definition) is 4. The molecule has 34 heavy (non-hydrogen) atoms. The predicted octanol–water partition coefficient (Wildman–Crippen LogP) is 4.57. The molecule has 1 heterocycles. The highest BCUT2D eigenvalue weighted by Gasteiger charge is 2.22. The van der Waals surface area contributed by atoms with Gasteiger partial charge in [0.2, 0.25) is 5.91 Å². The first-order valence-corrected chi connectivity index (χ1v) is 11.8. The maximum Gasteiger partial charge on any atom is 0.323 e. The van der Waals surface area contributed by atoms with Crippen molar-refractivity contribution in [2.45, 2.75) is 39.5 Å². The summed E-state index contributed by atoms with van der Waals surface area (Å²) in [5, 5.41) is 14.6. The molecule has 0 bridgehead atoms. The molecule has 0 aliphatic carbocycles. The number of benzene rings is 2. The highest BCUT2D eigenvalue weighted by atomic mass is 16.4. The van der Waals surface area contributed by atoms with Gasteiger partial charge in [-0.05, 0) is 74.7 Å². The van der Waals surface area contributed by atoms with E-state index in [-0.39, 0.29) is 24.3 Å². The van der Waals surface area contributed by atoms with Crippen molar-refractivity contribution in [3.05, 3.63) is 54.1 Å². The SMILES string of the molecule is CCC(=O)N(CCN1CCC(CC(=O)O)CC1)c1ccc(NC(=O)Nc2ccccc2C)cc1. The zero-order valence-corrected chi connectivity index (χ0v) is 19.9. The van der Waals surface area contributed by atoms with Crippen LogP contribution < -0.4 is 15.5 Å². The van der Waals surface area contributed by atoms with Gasteiger partial charge in [-0.15, -0.1) is 0 Å². The Kier molecular flexibility index (Phi) is 9.04. The van der Waals surface area contributed by atoms with Crippen LogP contribution >= 0.6 is 0 Å². The number of carboxylic acid groups (broad SMARTS) is 1. The molecule has 1 saturated heterocycles. The summed E-state index contributed by atoms with van der Waals surface area (Å²) in [6.07, 6.45) is 2.38. The van der Waals surface area contributed by atoms with E-state index in [9.17, 15) is 14.4 Å². The highest BCUT2D eigenvalue weighted by Crippen LogP contribution is 2.22. The summed E-state index contributed by atoms with van der Waals surface area (Å²) < 4.78 is 0. The average molecular weight is 467 g/mol. The summed E-state index contributed by atoms with van der Waals surface area (Å²) in [6, 6.07) is 14.5. The van der Waals surface area contributed by atoms with Gasteiger partial charge in [0.05, 0.1) is 0 Å². The minimum absolute atomic E-state index is 0.0405. The minimum Gasteiger partial charge on any atom is -0.481 e. The van der Waals surface area contributed by atoms with Gasteiger partial charge in [0.15, 0.2) is 0 Å². The van der Waals surface area contributed by atoms with E-state index in [4.69, 9.17) is 5.11 Å². The highest BCUT2D eigenvalue weighted by molar-refractivity contribution is 6.00. The van der Waals surface area contributed by atoms with Crippen molar-refractivity contribution < 1.29 is 19.5 Å². The van der Waals surface area contributed by atoms with E-state index >= 15 is 0 Å². The zero-order valence-electron chi connectivity index (χ0n) is 19.9. The molecule has 1 aliphatic rings. The number of anilines is 3. The Morgan fingerprint density at radius 1 is 1.03 bits per heavy atom. The zero-order chi connectivity index (χ0) is 24.5. The van der Waals surface area contributed by atoms with E-state index in [0.717, 1.165) is 49.4 Å². The van der Waals surface area contributed by atoms with Crippen molar-refractivity contribution in [3.63, 3.8) is 0 Å². The van der Waals surface area contributed by atoms with Gasteiger partial charge in [-0.25, -0.2) is 4.79 Å². The Labute approximate surface area is 200 Å². The van der Waals surface area contributed by atoms with Crippen molar-refractivity contribution in [1.29, 1.82) is 0 Å². The first-order valence-electron chi connectivity index (χ1n) is 11.8. The van der Waals surface area contributed by atoms with Gasteiger partial charge >= 0.3 is 12.0 Å². The van der Waals surface area contributed by atoms with E-state index in [2.05, 4.69) is 15.5 Å². The topological polar surface area (TPSA) is 102 Å². The van der Waals surface area contributed by atoms with Crippen LogP contribution in [0.15, 0.2) is 48.5 Å². The first kappa shape index (κ1) is 25.2. The quantitative estimate of drug-likeness (QED) is 0.503. The molecule has 0 atom stereocenters. The Hall–Kier alpha value is -3.39. The maximum absolute atomic E-state index is 12.6. The normalized spacial score (nSPS) is 14.4. The third-order valence-corrected chi connectivity index (χ3v) is 6.24. The second-order valence-electron chi connectivity index (χ2n) is 8.72. The molecule has 0 radical (unpaired) electrons. The first-order chi connectivity index (χ1) is 16.4. The van der Waals surface area contributed by atoms with Crippen LogP contribution in [-0.4, -0.2) is 54.1 Å². The van der Waals surface area contributed by atoms with E-state index in [0.29, 0.717) is 18.7 Å². The molecule has 1 fully saturated rings. The van der Waals surface area contributed by atoms with Crippen LogP contribution in [0.1, 0.15) is 38.2 Å². The van der Waals surface area contributed by atoms with Crippen molar-refractivity contribution in [3.8, 4) is 0 Å². The Morgan fingerprint density at radius 2 is 1.71 bits per heavy atom. The number of piperidine rings is 1. The monoisotopic (exact) mass is 466 g/mol. The van der Waals surface area contributed by atoms with Gasteiger partial charge in [-0.1, -0.05) is 25.1 Å². The Morgan fingerprint density at radius 3 is 2.32 bits per heavy atom. The number of rotatable bonds is 9. The number of aryl methyl sites for hydroxylation is 1. The molecule has 1 aliphatic heterocycles. The van der Waals surface area contributed by atoms with Gasteiger partial charge < -0.3 is 25.5 Å². The molecule has 8 nitrogen and oxygen atoms in total. The number of nitrogens with zero attached hydrogens (tertiary/aromatic N) is 2. The lowest BCUT2D eigenvalue weighted by Crippen LogP contribution is -2.42. The summed E-state index contributed by atoms with van der Waals surface area (Å²) >= 11 is 0. The number of carboxylic acids is 1. The van der Waals surface area contributed by atoms with Crippen LogP contribution in [-0.2, 0) is 9.59 Å². The number of carbonyl (C=O) groups is 3. The summed E-state index contributed by atoms with van der Waals surface area (Å²) in [5.74, 6) is -0.451. The molecular weight excluding hydrogens is 432 g/mol. The minimum atomic E-state index is -0.733. The second-order valence-corrected chi connectivity index (χ2v) is 8.72. The van der Waals surface area contributed by atoms with Crippen molar-refractivity contribution in [2.75, 3.05) is 41.7 Å². The number of para-hydroxylation sites is 1. The molecular formula is C26H34N4O4. The smallest absolute Gasteiger partial charge is 0.323 e. The molecule has 3 amide bonds. The number of amides is 3. The fraction of sp³-hybridized carbons (Fsp3) is 0.423. The Balaban J connectivity index is 1.55. The van der Waals surface area contributed by atoms with Crippen molar-refractivity contribution >= 4 is 35.0 Å². The third kappa shape index (κ3) is 7.31. The fourth-order valence-corrected chi connectivity index (χ4v) is 4.21. The largest absolute Gasteiger partial charge is 0.481 e. The number of aliphatic carboxylic acids is 1. The molecule has 8 heteroatoms. The Bertz CT molecular complexity index is 985. The van der Waals surface area contributed by atoms with Crippen LogP contribution in [0.3, 0.4) is 0 Å². The standard InChI is InChI=1S/C26H34N4O4/c1-3-24(31)30(17-16-29-14-12-20(13-15-29)18-25(32)33)22-10-8-21(9-11-22)27-26(34)28-23-7-5-4-6-19(23)2/h4-11,20H,3,12-18H2,1-2H3,(H,32,33)(H2,27,28,34). The van der Waals surface area contributed by atoms with Crippen molar-refractivity contribution in [1.82, 2.24) is 4.90 Å². The van der Waals surface area contributed by atoms with Gasteiger partial charge in [0.1, 0.15) is 0 Å². The maximum atomic E-state index is 12.6. The molecule has 0 saturated carbocycles. The summed E-state index contributed by atoms with van der Waals surface area (Å²) in [4.78, 5) is 40.0. The molecule has 3 rings (SSSR count). The van der Waals surface area contributed by atoms with E-state index in [1.807, 2.05) is 50.2 Å². The fourth-order valence-electron chi connectivity index (χ4n) is 4.21. The summed E-state index contributed by atoms with van der Waals surface area (Å²) in [6.45, 7) is 6.79. The van der Waals surface area contributed by atoms with Crippen LogP contribution in [0, 0.1) is 12.8 Å². The lowest BCUT2D eigenvalue weighted by Gasteiger charge is -2.33.